The molecule has 84 valence electrons. The molecule has 0 heterocycles. The topological polar surface area (TPSA) is 69.4 Å². The minimum atomic E-state index is -3.90. The van der Waals surface area contributed by atoms with Gasteiger partial charge in [-0.1, -0.05) is 12.1 Å². The molecule has 0 spiro atoms. The number of benzene rings is 1. The van der Waals surface area contributed by atoms with Gasteiger partial charge in [-0.05, 0) is 18.6 Å². The van der Waals surface area contributed by atoms with Gasteiger partial charge >= 0.3 is 0 Å². The van der Waals surface area contributed by atoms with Gasteiger partial charge in [0, 0.05) is 6.92 Å². The number of halogens is 1. The molecule has 0 radical (unpaired) electrons. The first-order chi connectivity index (χ1) is 6.82. The minimum absolute atomic E-state index is 0.0625. The minimum Gasteiger partial charge on any atom is -0.459 e. The summed E-state index contributed by atoms with van der Waals surface area (Å²) in [5.74, 6) is -0.0625. The molecule has 1 rings (SSSR count). The van der Waals surface area contributed by atoms with Gasteiger partial charge in [-0.2, -0.15) is 0 Å². The van der Waals surface area contributed by atoms with Crippen molar-refractivity contribution < 1.29 is 17.5 Å². The second-order valence-corrected chi connectivity index (χ2v) is 4.61. The lowest BCUT2D eigenvalue weighted by molar-refractivity contribution is 0.0827. The van der Waals surface area contributed by atoms with E-state index in [1.807, 2.05) is 0 Å². The van der Waals surface area contributed by atoms with Gasteiger partial charge in [0.1, 0.15) is 10.6 Å². The van der Waals surface area contributed by atoms with Crippen molar-refractivity contribution in [3.8, 4) is 5.75 Å². The summed E-state index contributed by atoms with van der Waals surface area (Å²) in [6.45, 7) is 2.73. The third-order valence-electron chi connectivity index (χ3n) is 1.75. The number of nitrogens with two attached hydrogens (primary N) is 1. The maximum absolute atomic E-state index is 12.6. The van der Waals surface area contributed by atoms with Crippen molar-refractivity contribution in [2.75, 3.05) is 0 Å². The number of aryl methyl sites for hydroxylation is 1. The van der Waals surface area contributed by atoms with Crippen molar-refractivity contribution >= 4 is 10.0 Å². The third-order valence-corrected chi connectivity index (χ3v) is 2.84. The molecule has 6 heteroatoms. The highest BCUT2D eigenvalue weighted by Crippen LogP contribution is 2.26. The molecule has 0 bridgehead atoms. The summed E-state index contributed by atoms with van der Waals surface area (Å²) in [6.07, 6.45) is -1.59. The van der Waals surface area contributed by atoms with E-state index >= 15 is 0 Å². The molecule has 0 saturated carbocycles. The van der Waals surface area contributed by atoms with E-state index < -0.39 is 16.4 Å². The Morgan fingerprint density at radius 1 is 1.47 bits per heavy atom. The summed E-state index contributed by atoms with van der Waals surface area (Å²) in [6, 6.07) is 4.50. The Morgan fingerprint density at radius 3 is 2.53 bits per heavy atom. The summed E-state index contributed by atoms with van der Waals surface area (Å²) in [4.78, 5) is -0.172. The van der Waals surface area contributed by atoms with Gasteiger partial charge in [-0.3, -0.25) is 0 Å². The zero-order chi connectivity index (χ0) is 11.6. The molecular weight excluding hydrogens is 221 g/mol. The van der Waals surface area contributed by atoms with Crippen LogP contribution < -0.4 is 9.88 Å². The van der Waals surface area contributed by atoms with Gasteiger partial charge in [0.2, 0.25) is 16.4 Å². The zero-order valence-electron chi connectivity index (χ0n) is 8.40. The number of sulfonamides is 1. The molecule has 0 amide bonds. The van der Waals surface area contributed by atoms with Gasteiger partial charge in [0.15, 0.2) is 0 Å². The van der Waals surface area contributed by atoms with Crippen LogP contribution in [-0.4, -0.2) is 14.8 Å². The van der Waals surface area contributed by atoms with Crippen LogP contribution in [0.25, 0.3) is 0 Å². The van der Waals surface area contributed by atoms with Crippen LogP contribution in [-0.2, 0) is 10.0 Å². The van der Waals surface area contributed by atoms with Gasteiger partial charge in [0.05, 0.1) is 0 Å². The van der Waals surface area contributed by atoms with Gasteiger partial charge in [-0.15, -0.1) is 0 Å². The predicted octanol–water partition coefficient (Wildman–Crippen LogP) is 1.34. The highest BCUT2D eigenvalue weighted by molar-refractivity contribution is 7.89. The molecule has 0 aliphatic rings. The first-order valence-electron chi connectivity index (χ1n) is 4.25. The van der Waals surface area contributed by atoms with Crippen molar-refractivity contribution in [1.82, 2.24) is 0 Å². The molecular formula is C9H12FNO3S. The molecule has 0 saturated heterocycles. The lowest BCUT2D eigenvalue weighted by atomic mass is 10.2. The number of alkyl halides is 1. The lowest BCUT2D eigenvalue weighted by Gasteiger charge is -2.12. The summed E-state index contributed by atoms with van der Waals surface area (Å²) in [7, 11) is -3.90. The van der Waals surface area contributed by atoms with E-state index in [4.69, 9.17) is 9.88 Å². The van der Waals surface area contributed by atoms with Crippen molar-refractivity contribution in [1.29, 1.82) is 0 Å². The average Bonchev–Trinajstić information content (AvgIpc) is 1.99. The van der Waals surface area contributed by atoms with E-state index in [1.165, 1.54) is 6.07 Å². The van der Waals surface area contributed by atoms with Crippen LogP contribution in [0.3, 0.4) is 0 Å². The SMILES string of the molecule is Cc1cccc(OC(C)F)c1S(N)(=O)=O. The second kappa shape index (κ2) is 4.16. The van der Waals surface area contributed by atoms with Gasteiger partial charge in [0.25, 0.3) is 0 Å². The van der Waals surface area contributed by atoms with Crippen molar-refractivity contribution in [3.63, 3.8) is 0 Å². The predicted molar refractivity (Wildman–Crippen MR) is 53.8 cm³/mol. The number of hydrogen-bond acceptors (Lipinski definition) is 3. The van der Waals surface area contributed by atoms with Crippen LogP contribution in [0.2, 0.25) is 0 Å². The molecule has 0 aromatic heterocycles. The average molecular weight is 233 g/mol. The highest BCUT2D eigenvalue weighted by Gasteiger charge is 2.19. The number of hydrogen-bond donors (Lipinski definition) is 1. The largest absolute Gasteiger partial charge is 0.459 e. The quantitative estimate of drug-likeness (QED) is 0.856. The molecule has 1 aromatic rings. The Labute approximate surface area is 87.9 Å². The Morgan fingerprint density at radius 2 is 2.07 bits per heavy atom. The molecule has 0 aliphatic heterocycles. The Kier molecular flexibility index (Phi) is 3.31. The summed E-state index contributed by atoms with van der Waals surface area (Å²) < 4.78 is 39.8. The molecule has 2 N–H and O–H groups in total. The van der Waals surface area contributed by atoms with E-state index in [0.717, 1.165) is 6.92 Å². The molecule has 1 aromatic carbocycles. The Hall–Kier alpha value is -1.14. The maximum atomic E-state index is 12.6. The summed E-state index contributed by atoms with van der Waals surface area (Å²) in [5.41, 5.74) is 0.427. The normalized spacial score (nSPS) is 13.6. The highest BCUT2D eigenvalue weighted by atomic mass is 32.2. The fraction of sp³-hybridized carbons (Fsp3) is 0.333. The second-order valence-electron chi connectivity index (χ2n) is 3.11. The van der Waals surface area contributed by atoms with E-state index in [-0.39, 0.29) is 10.6 Å². The fourth-order valence-corrected chi connectivity index (χ4v) is 2.17. The first kappa shape index (κ1) is 11.9. The molecule has 0 aliphatic carbocycles. The van der Waals surface area contributed by atoms with Crippen LogP contribution in [0, 0.1) is 6.92 Å². The van der Waals surface area contributed by atoms with Crippen LogP contribution >= 0.6 is 0 Å². The van der Waals surface area contributed by atoms with Crippen LogP contribution in [0.15, 0.2) is 23.1 Å². The van der Waals surface area contributed by atoms with E-state index in [1.54, 1.807) is 19.1 Å². The monoisotopic (exact) mass is 233 g/mol. The molecule has 4 nitrogen and oxygen atoms in total. The summed E-state index contributed by atoms with van der Waals surface area (Å²) in [5, 5.41) is 5.00. The maximum Gasteiger partial charge on any atom is 0.242 e. The number of primary sulfonamides is 1. The van der Waals surface area contributed by atoms with Crippen LogP contribution in [0.5, 0.6) is 5.75 Å². The number of ether oxygens (including phenoxy) is 1. The molecule has 1 unspecified atom stereocenters. The lowest BCUT2D eigenvalue weighted by Crippen LogP contribution is -2.16. The molecule has 0 fully saturated rings. The van der Waals surface area contributed by atoms with Gasteiger partial charge in [-0.25, -0.2) is 17.9 Å². The van der Waals surface area contributed by atoms with Crippen molar-refractivity contribution in [2.45, 2.75) is 25.1 Å². The molecule has 15 heavy (non-hydrogen) atoms. The summed E-state index contributed by atoms with van der Waals surface area (Å²) >= 11 is 0. The first-order valence-corrected chi connectivity index (χ1v) is 5.80. The van der Waals surface area contributed by atoms with E-state index in [9.17, 15) is 12.8 Å². The standard InChI is InChI=1S/C9H12FNO3S/c1-6-4-3-5-8(14-7(2)10)9(6)15(11,12)13/h3-5,7H,1-2H3,(H2,11,12,13). The number of rotatable bonds is 3. The fourth-order valence-electron chi connectivity index (χ4n) is 1.26. The van der Waals surface area contributed by atoms with Crippen molar-refractivity contribution in [2.24, 2.45) is 5.14 Å². The molecule has 1 atom stereocenters. The third kappa shape index (κ3) is 2.90. The Balaban J connectivity index is 3.34. The van der Waals surface area contributed by atoms with Crippen molar-refractivity contribution in [3.05, 3.63) is 23.8 Å². The van der Waals surface area contributed by atoms with E-state index in [0.29, 0.717) is 5.56 Å². The van der Waals surface area contributed by atoms with Gasteiger partial charge < -0.3 is 4.74 Å². The smallest absolute Gasteiger partial charge is 0.242 e. The van der Waals surface area contributed by atoms with E-state index in [2.05, 4.69) is 0 Å². The Bertz CT molecular complexity index is 456. The zero-order valence-corrected chi connectivity index (χ0v) is 9.21. The van der Waals surface area contributed by atoms with Crippen LogP contribution in [0.4, 0.5) is 4.39 Å². The van der Waals surface area contributed by atoms with Crippen LogP contribution in [0.1, 0.15) is 12.5 Å².